The molecule has 0 aromatic heterocycles. The smallest absolute Gasteiger partial charge is 0.247 e. The first-order valence-electron chi connectivity index (χ1n) is 10.1. The van der Waals surface area contributed by atoms with Gasteiger partial charge in [0, 0.05) is 19.2 Å². The average Bonchev–Trinajstić information content (AvgIpc) is 3.07. The molecular formula is C22H24F2N4O2. The maximum Gasteiger partial charge on any atom is 0.247 e. The molecule has 4 rings (SSSR count). The molecule has 2 N–H and O–H groups in total. The molecule has 2 aromatic carbocycles. The van der Waals surface area contributed by atoms with Crippen molar-refractivity contribution in [3.8, 4) is 0 Å². The van der Waals surface area contributed by atoms with Gasteiger partial charge in [-0.1, -0.05) is 25.1 Å². The van der Waals surface area contributed by atoms with E-state index in [-0.39, 0.29) is 17.5 Å². The minimum absolute atomic E-state index is 0.0743. The molecule has 0 spiro atoms. The second-order valence-electron chi connectivity index (χ2n) is 7.75. The lowest BCUT2D eigenvalue weighted by Gasteiger charge is -2.38. The molecule has 2 saturated heterocycles. The fourth-order valence-electron chi connectivity index (χ4n) is 4.27. The molecular weight excluding hydrogens is 390 g/mol. The minimum atomic E-state index is -0.831. The first-order chi connectivity index (χ1) is 14.5. The Morgan fingerprint density at radius 2 is 1.93 bits per heavy atom. The molecule has 158 valence electrons. The van der Waals surface area contributed by atoms with Crippen LogP contribution in [0.3, 0.4) is 0 Å². The van der Waals surface area contributed by atoms with Gasteiger partial charge in [0.25, 0.3) is 0 Å². The largest absolute Gasteiger partial charge is 0.323 e. The van der Waals surface area contributed by atoms with Crippen molar-refractivity contribution in [1.82, 2.24) is 10.3 Å². The number of rotatable bonds is 5. The fourth-order valence-corrected chi connectivity index (χ4v) is 4.27. The summed E-state index contributed by atoms with van der Waals surface area (Å²) in [7, 11) is 0. The van der Waals surface area contributed by atoms with Crippen LogP contribution in [-0.4, -0.2) is 42.4 Å². The molecule has 0 bridgehead atoms. The number of nitrogens with one attached hydrogen (secondary N) is 2. The van der Waals surface area contributed by atoms with Crippen molar-refractivity contribution < 1.29 is 18.4 Å². The van der Waals surface area contributed by atoms with Crippen LogP contribution in [0.25, 0.3) is 0 Å². The van der Waals surface area contributed by atoms with Gasteiger partial charge in [-0.3, -0.25) is 9.59 Å². The second kappa shape index (κ2) is 8.49. The Hall–Kier alpha value is -2.84. The van der Waals surface area contributed by atoms with E-state index >= 15 is 0 Å². The Morgan fingerprint density at radius 1 is 1.17 bits per heavy atom. The molecule has 2 amide bonds. The van der Waals surface area contributed by atoms with Crippen LogP contribution in [0, 0.1) is 23.5 Å². The van der Waals surface area contributed by atoms with Crippen LogP contribution in [0.2, 0.25) is 0 Å². The molecule has 2 aromatic rings. The second-order valence-corrected chi connectivity index (χ2v) is 7.75. The number of hydrogen-bond donors (Lipinski definition) is 2. The van der Waals surface area contributed by atoms with Gasteiger partial charge in [-0.05, 0) is 37.2 Å². The van der Waals surface area contributed by atoms with Crippen molar-refractivity contribution in [2.45, 2.75) is 19.4 Å². The lowest BCUT2D eigenvalue weighted by molar-refractivity contribution is -0.126. The van der Waals surface area contributed by atoms with Crippen LogP contribution in [0.5, 0.6) is 0 Å². The summed E-state index contributed by atoms with van der Waals surface area (Å²) in [5.74, 6) is -2.98. The highest BCUT2D eigenvalue weighted by Gasteiger charge is 2.50. The molecule has 3 atom stereocenters. The van der Waals surface area contributed by atoms with E-state index < -0.39 is 29.5 Å². The number of likely N-dealkylation sites (tertiary alicyclic amines) is 1. The zero-order valence-electron chi connectivity index (χ0n) is 16.6. The van der Waals surface area contributed by atoms with Crippen molar-refractivity contribution in [2.75, 3.05) is 30.0 Å². The van der Waals surface area contributed by atoms with Gasteiger partial charge in [-0.2, -0.15) is 0 Å². The summed E-state index contributed by atoms with van der Waals surface area (Å²) in [6.45, 7) is 3.81. The van der Waals surface area contributed by atoms with Gasteiger partial charge >= 0.3 is 0 Å². The topological polar surface area (TPSA) is 64.7 Å². The average molecular weight is 414 g/mol. The number of hydrazine groups is 1. The normalized spacial score (nSPS) is 24.0. The molecule has 8 heteroatoms. The number of carbonyl (C=O) groups excluding carboxylic acids is 2. The third-order valence-corrected chi connectivity index (χ3v) is 5.67. The first kappa shape index (κ1) is 20.4. The summed E-state index contributed by atoms with van der Waals surface area (Å²) in [4.78, 5) is 28.3. The highest BCUT2D eigenvalue weighted by atomic mass is 19.1. The van der Waals surface area contributed by atoms with Gasteiger partial charge in [0.05, 0.1) is 29.3 Å². The van der Waals surface area contributed by atoms with Crippen molar-refractivity contribution in [2.24, 2.45) is 11.8 Å². The summed E-state index contributed by atoms with van der Waals surface area (Å²) in [5, 5.41) is 4.08. The zero-order valence-corrected chi connectivity index (χ0v) is 16.6. The molecule has 30 heavy (non-hydrogen) atoms. The lowest BCUT2D eigenvalue weighted by atomic mass is 9.84. The maximum absolute atomic E-state index is 14.0. The van der Waals surface area contributed by atoms with E-state index in [1.165, 1.54) is 11.1 Å². The highest BCUT2D eigenvalue weighted by molar-refractivity contribution is 6.00. The number of carbonyl (C=O) groups is 2. The van der Waals surface area contributed by atoms with Gasteiger partial charge in [0.15, 0.2) is 0 Å². The van der Waals surface area contributed by atoms with E-state index in [0.29, 0.717) is 18.8 Å². The van der Waals surface area contributed by atoms with E-state index in [1.54, 1.807) is 0 Å². The predicted octanol–water partition coefficient (Wildman–Crippen LogP) is 2.78. The lowest BCUT2D eigenvalue weighted by Crippen LogP contribution is -2.56. The SMILES string of the molecule is CCCN1CC(C(=O)Nc2ccc(F)cc2F)C2NN(c3ccccc3)C(=O)C2C1. The summed E-state index contributed by atoms with van der Waals surface area (Å²) >= 11 is 0. The molecule has 2 fully saturated rings. The number of anilines is 2. The van der Waals surface area contributed by atoms with Crippen molar-refractivity contribution in [3.05, 3.63) is 60.2 Å². The molecule has 2 aliphatic rings. The van der Waals surface area contributed by atoms with Crippen LogP contribution < -0.4 is 15.8 Å². The highest BCUT2D eigenvalue weighted by Crippen LogP contribution is 2.32. The Kier molecular flexibility index (Phi) is 5.78. The first-order valence-corrected chi connectivity index (χ1v) is 10.1. The van der Waals surface area contributed by atoms with Crippen LogP contribution in [0.15, 0.2) is 48.5 Å². The molecule has 6 nitrogen and oxygen atoms in total. The van der Waals surface area contributed by atoms with E-state index in [4.69, 9.17) is 0 Å². The van der Waals surface area contributed by atoms with Crippen molar-refractivity contribution >= 4 is 23.2 Å². The number of benzene rings is 2. The predicted molar refractivity (Wildman–Crippen MR) is 110 cm³/mol. The minimum Gasteiger partial charge on any atom is -0.323 e. The number of piperidine rings is 1. The Morgan fingerprint density at radius 3 is 2.63 bits per heavy atom. The Labute approximate surface area is 173 Å². The molecule has 2 heterocycles. The number of fused-ring (bicyclic) bond motifs is 1. The number of para-hydroxylation sites is 1. The standard InChI is InChI=1S/C22H24F2N4O2/c1-2-10-27-12-16(21(29)25-19-9-8-14(23)11-18(19)24)20-17(13-27)22(30)28(26-20)15-6-4-3-5-7-15/h3-9,11,16-17,20,26H,2,10,12-13H2,1H3,(H,25,29). The quantitative estimate of drug-likeness (QED) is 0.790. The van der Waals surface area contributed by atoms with E-state index in [9.17, 15) is 18.4 Å². The molecule has 3 unspecified atom stereocenters. The molecule has 0 aliphatic carbocycles. The van der Waals surface area contributed by atoms with Gasteiger partial charge < -0.3 is 10.2 Å². The van der Waals surface area contributed by atoms with Crippen LogP contribution in [0.4, 0.5) is 20.2 Å². The van der Waals surface area contributed by atoms with Crippen molar-refractivity contribution in [1.29, 1.82) is 0 Å². The molecule has 0 radical (unpaired) electrons. The molecule has 2 aliphatic heterocycles. The maximum atomic E-state index is 14.0. The third kappa shape index (κ3) is 3.93. The van der Waals surface area contributed by atoms with Gasteiger partial charge in [0.1, 0.15) is 11.6 Å². The van der Waals surface area contributed by atoms with Gasteiger partial charge in [-0.25, -0.2) is 19.2 Å². The van der Waals surface area contributed by atoms with Crippen LogP contribution >= 0.6 is 0 Å². The van der Waals surface area contributed by atoms with Crippen molar-refractivity contribution in [3.63, 3.8) is 0 Å². The van der Waals surface area contributed by atoms with Gasteiger partial charge in [-0.15, -0.1) is 0 Å². The van der Waals surface area contributed by atoms with Crippen LogP contribution in [-0.2, 0) is 9.59 Å². The summed E-state index contributed by atoms with van der Waals surface area (Å²) in [6.07, 6.45) is 0.891. The third-order valence-electron chi connectivity index (χ3n) is 5.67. The zero-order chi connectivity index (χ0) is 21.3. The van der Waals surface area contributed by atoms with Gasteiger partial charge in [0.2, 0.25) is 11.8 Å². The Balaban J connectivity index is 1.59. The monoisotopic (exact) mass is 414 g/mol. The summed E-state index contributed by atoms with van der Waals surface area (Å²) in [5.41, 5.74) is 3.84. The number of nitrogens with zero attached hydrogens (tertiary/aromatic N) is 2. The number of halogens is 2. The van der Waals surface area contributed by atoms with E-state index in [2.05, 4.69) is 15.6 Å². The summed E-state index contributed by atoms with van der Waals surface area (Å²) in [6, 6.07) is 11.8. The van der Waals surface area contributed by atoms with Crippen LogP contribution in [0.1, 0.15) is 13.3 Å². The fraction of sp³-hybridized carbons (Fsp3) is 0.364. The number of amides is 2. The number of hydrogen-bond acceptors (Lipinski definition) is 4. The van der Waals surface area contributed by atoms with E-state index in [0.717, 1.165) is 25.1 Å². The summed E-state index contributed by atoms with van der Waals surface area (Å²) < 4.78 is 27.2. The molecule has 0 saturated carbocycles. The van der Waals surface area contributed by atoms with E-state index in [1.807, 2.05) is 37.3 Å². The Bertz CT molecular complexity index is 940.